The summed E-state index contributed by atoms with van der Waals surface area (Å²) >= 11 is 0. The minimum atomic E-state index is -4.64. The van der Waals surface area contributed by atoms with E-state index in [2.05, 4.69) is 29.8 Å². The maximum Gasteiger partial charge on any atom is 0.466 e. The molecule has 0 saturated carbocycles. The van der Waals surface area contributed by atoms with Crippen LogP contribution in [0.1, 0.15) is 78.1 Å². The number of unbranched alkanes of at least 4 members (excludes halogenated alkanes) is 8. The number of nitrogens with two attached hydrogens (primary N) is 2. The van der Waals surface area contributed by atoms with Gasteiger partial charge in [0.2, 0.25) is 0 Å². The van der Waals surface area contributed by atoms with E-state index in [1.165, 1.54) is 83.8 Å². The average molecular weight is 473 g/mol. The van der Waals surface area contributed by atoms with Crippen molar-refractivity contribution in [3.63, 3.8) is 0 Å². The number of carbonyl (C=O) groups is 1. The molecule has 0 unspecified atom stereocenters. The van der Waals surface area contributed by atoms with Crippen molar-refractivity contribution in [2.24, 2.45) is 11.5 Å². The van der Waals surface area contributed by atoms with E-state index in [-0.39, 0.29) is 6.54 Å². The molecule has 0 aliphatic heterocycles. The highest BCUT2D eigenvalue weighted by atomic mass is 31.2. The molecule has 190 valence electrons. The van der Waals surface area contributed by atoms with E-state index >= 15 is 0 Å². The van der Waals surface area contributed by atoms with Crippen LogP contribution in [0.4, 0.5) is 0 Å². The normalized spacial score (nSPS) is 10.8. The molecule has 0 rings (SSSR count). The molecule has 0 aliphatic carbocycles. The van der Waals surface area contributed by atoms with Crippen molar-refractivity contribution >= 4 is 13.8 Å². The van der Waals surface area contributed by atoms with Crippen LogP contribution in [0.5, 0.6) is 0 Å². The van der Waals surface area contributed by atoms with Crippen LogP contribution in [0.25, 0.3) is 0 Å². The van der Waals surface area contributed by atoms with E-state index in [1.807, 2.05) is 0 Å². The van der Waals surface area contributed by atoms with Crippen molar-refractivity contribution in [3.8, 4) is 0 Å². The number of carboxylic acids is 1. The second kappa shape index (κ2) is 27.5. The third-order valence-corrected chi connectivity index (χ3v) is 4.26. The van der Waals surface area contributed by atoms with Crippen LogP contribution >= 0.6 is 7.82 Å². The van der Waals surface area contributed by atoms with Crippen molar-refractivity contribution in [1.29, 1.82) is 0 Å². The van der Waals surface area contributed by atoms with Crippen LogP contribution in [-0.2, 0) is 9.36 Å². The predicted octanol–water partition coefficient (Wildman–Crippen LogP) is 1.88. The molecule has 9 N–H and O–H groups in total. The highest BCUT2D eigenvalue weighted by Crippen LogP contribution is 2.25. The van der Waals surface area contributed by atoms with Crippen molar-refractivity contribution in [1.82, 2.24) is 10.2 Å². The zero-order valence-corrected chi connectivity index (χ0v) is 20.6. The fourth-order valence-electron chi connectivity index (χ4n) is 2.68. The number of carboxylic acid groups (broad SMARTS) is 1. The molecule has 0 radical (unpaired) electrons. The van der Waals surface area contributed by atoms with Gasteiger partial charge in [0, 0.05) is 26.2 Å². The van der Waals surface area contributed by atoms with Gasteiger partial charge in [-0.2, -0.15) is 0 Å². The van der Waals surface area contributed by atoms with E-state index in [4.69, 9.17) is 30.1 Å². The Morgan fingerprint density at radius 1 is 0.806 bits per heavy atom. The van der Waals surface area contributed by atoms with Gasteiger partial charge in [0.05, 0.1) is 6.54 Å². The van der Waals surface area contributed by atoms with Gasteiger partial charge in [0.25, 0.3) is 0 Å². The van der Waals surface area contributed by atoms with Gasteiger partial charge in [0.15, 0.2) is 0 Å². The van der Waals surface area contributed by atoms with Gasteiger partial charge in [0.1, 0.15) is 0 Å². The minimum absolute atomic E-state index is 0.278. The van der Waals surface area contributed by atoms with E-state index < -0.39 is 13.8 Å². The van der Waals surface area contributed by atoms with Gasteiger partial charge >= 0.3 is 13.8 Å². The topological polar surface area (TPSA) is 182 Å². The van der Waals surface area contributed by atoms with Crippen molar-refractivity contribution in [3.05, 3.63) is 0 Å². The number of rotatable bonds is 18. The molecule has 0 aromatic heterocycles. The second-order valence-corrected chi connectivity index (χ2v) is 8.35. The van der Waals surface area contributed by atoms with E-state index in [0.717, 1.165) is 19.6 Å². The van der Waals surface area contributed by atoms with Crippen LogP contribution in [0.3, 0.4) is 0 Å². The van der Waals surface area contributed by atoms with Crippen LogP contribution in [-0.4, -0.2) is 76.5 Å². The molecule has 0 bridgehead atoms. The lowest BCUT2D eigenvalue weighted by molar-refractivity contribution is -0.135. The van der Waals surface area contributed by atoms with Crippen LogP contribution in [0, 0.1) is 0 Å². The van der Waals surface area contributed by atoms with Crippen LogP contribution < -0.4 is 16.8 Å². The van der Waals surface area contributed by atoms with E-state index in [9.17, 15) is 4.79 Å². The maximum atomic E-state index is 9.24. The van der Waals surface area contributed by atoms with Crippen molar-refractivity contribution in [2.45, 2.75) is 78.1 Å². The summed E-state index contributed by atoms with van der Waals surface area (Å²) in [6.07, 6.45) is 13.8. The smallest absolute Gasteiger partial charge is 0.466 e. The number of phosphoric acid groups is 1. The van der Waals surface area contributed by atoms with Crippen molar-refractivity contribution < 1.29 is 29.1 Å². The fourth-order valence-corrected chi connectivity index (χ4v) is 2.68. The van der Waals surface area contributed by atoms with Crippen molar-refractivity contribution in [2.75, 3.05) is 45.8 Å². The lowest BCUT2D eigenvalue weighted by Crippen LogP contribution is -2.35. The number of hydrogen-bond donors (Lipinski definition) is 7. The summed E-state index contributed by atoms with van der Waals surface area (Å²) in [5.41, 5.74) is 10.1. The van der Waals surface area contributed by atoms with Gasteiger partial charge in [-0.1, -0.05) is 65.2 Å². The van der Waals surface area contributed by atoms with Gasteiger partial charge in [-0.05, 0) is 25.9 Å². The Morgan fingerprint density at radius 3 is 1.52 bits per heavy atom. The molecule has 0 aromatic carbocycles. The molecule has 0 aromatic rings. The molecule has 10 nitrogen and oxygen atoms in total. The molecule has 0 heterocycles. The zero-order valence-electron chi connectivity index (χ0n) is 19.7. The Morgan fingerprint density at radius 2 is 1.19 bits per heavy atom. The fraction of sp³-hybridized carbons (Fsp3) is 0.950. The SMILES string of the molecule is CCCCCCCN(CCCCCCC)CCNCCN.NCC(=O)O.O=P(O)(O)O. The molecule has 31 heavy (non-hydrogen) atoms. The van der Waals surface area contributed by atoms with Crippen LogP contribution in [0.2, 0.25) is 0 Å². The summed E-state index contributed by atoms with van der Waals surface area (Å²) in [4.78, 5) is 33.5. The van der Waals surface area contributed by atoms with Crippen LogP contribution in [0.15, 0.2) is 0 Å². The van der Waals surface area contributed by atoms with Gasteiger partial charge in [-0.3, -0.25) is 4.79 Å². The third kappa shape index (κ3) is 48.2. The summed E-state index contributed by atoms with van der Waals surface area (Å²) in [6, 6.07) is 0. The van der Waals surface area contributed by atoms with Gasteiger partial charge in [-0.25, -0.2) is 4.57 Å². The molecule has 0 amide bonds. The molecule has 0 atom stereocenters. The lowest BCUT2D eigenvalue weighted by Gasteiger charge is -2.22. The first-order chi connectivity index (χ1) is 14.6. The molecule has 0 aliphatic rings. The molecule has 0 spiro atoms. The predicted molar refractivity (Wildman–Crippen MR) is 127 cm³/mol. The quantitative estimate of drug-likeness (QED) is 0.115. The van der Waals surface area contributed by atoms with E-state index in [1.54, 1.807) is 0 Å². The molecule has 0 saturated heterocycles. The Hall–Kier alpha value is -0.580. The highest BCUT2D eigenvalue weighted by molar-refractivity contribution is 7.45. The van der Waals surface area contributed by atoms with Gasteiger partial charge < -0.3 is 41.5 Å². The zero-order chi connectivity index (χ0) is 24.4. The number of nitrogens with zero attached hydrogens (tertiary/aromatic N) is 1. The highest BCUT2D eigenvalue weighted by Gasteiger charge is 2.04. The Bertz CT molecular complexity index is 391. The maximum absolute atomic E-state index is 9.24. The average Bonchev–Trinajstić information content (AvgIpc) is 2.69. The number of aliphatic carboxylic acids is 1. The monoisotopic (exact) mass is 472 g/mol. The standard InChI is InChI=1S/C18H41N3.C2H5NO2.H3O4P/c1-3-5-7-9-11-16-21(18-15-20-14-13-19)17-12-10-8-6-4-2;3-1-2(4)5;1-5(2,3)4/h20H,3-19H2,1-2H3;1,3H2,(H,4,5);(H3,1,2,3,4). The molecule has 11 heteroatoms. The number of nitrogens with one attached hydrogen (secondary N) is 1. The summed E-state index contributed by atoms with van der Waals surface area (Å²) in [6.45, 7) is 10.8. The van der Waals surface area contributed by atoms with Gasteiger partial charge in [-0.15, -0.1) is 0 Å². The second-order valence-electron chi connectivity index (χ2n) is 7.32. The summed E-state index contributed by atoms with van der Waals surface area (Å²) < 4.78 is 8.88. The summed E-state index contributed by atoms with van der Waals surface area (Å²) in [5.74, 6) is -0.968. The first-order valence-corrected chi connectivity index (χ1v) is 13.0. The molecular formula is C20H49N4O6P. The largest absolute Gasteiger partial charge is 0.480 e. The first kappa shape index (κ1) is 35.0. The number of hydrogen-bond acceptors (Lipinski definition) is 6. The lowest BCUT2D eigenvalue weighted by atomic mass is 10.1. The summed E-state index contributed by atoms with van der Waals surface area (Å²) in [7, 11) is -4.64. The Kier molecular flexibility index (Phi) is 31.0. The van der Waals surface area contributed by atoms with E-state index in [0.29, 0.717) is 0 Å². The Balaban J connectivity index is -0.000000646. The third-order valence-electron chi connectivity index (χ3n) is 4.26. The molecular weight excluding hydrogens is 423 g/mol. The Labute approximate surface area is 189 Å². The minimum Gasteiger partial charge on any atom is -0.480 e. The first-order valence-electron chi connectivity index (χ1n) is 11.5. The summed E-state index contributed by atoms with van der Waals surface area (Å²) in [5, 5.41) is 11.0. The molecule has 0 fully saturated rings.